The van der Waals surface area contributed by atoms with Crippen molar-refractivity contribution in [2.75, 3.05) is 47.6 Å². The van der Waals surface area contributed by atoms with Crippen LogP contribution in [-0.2, 0) is 19.6 Å². The average molecular weight is 586 g/mol. The molecule has 0 aliphatic carbocycles. The van der Waals surface area contributed by atoms with Crippen molar-refractivity contribution in [3.05, 3.63) is 57.1 Å². The molecule has 0 unspecified atom stereocenters. The second kappa shape index (κ2) is 11.9. The monoisotopic (exact) mass is 585 g/mol. The molecule has 0 bridgehead atoms. The van der Waals surface area contributed by atoms with Crippen LogP contribution in [0.3, 0.4) is 0 Å². The number of halogens is 2. The largest absolute Gasteiger partial charge is 0.484 e. The Kier molecular flexibility index (Phi) is 9.30. The molecule has 0 atom stereocenters. The van der Waals surface area contributed by atoms with Gasteiger partial charge in [0.2, 0.25) is 0 Å². The molecule has 206 valence electrons. The maximum absolute atomic E-state index is 13.3. The standard InChI is InChI=1S/C25H29Cl2N3O7S/c1-15(2)17-11-16(36-13-21(31)29(5)10-9-28(3)4)12-20-22(17)24(32)30(38(20,34)35)14-37-25(33)23-18(26)7-6-8-19(23)27/h6-8,11-12,15H,9-10,13-14H2,1-5H3. The highest BCUT2D eigenvalue weighted by atomic mass is 35.5. The van der Waals surface area contributed by atoms with Gasteiger partial charge in [0.05, 0.1) is 21.2 Å². The zero-order chi connectivity index (χ0) is 28.4. The van der Waals surface area contributed by atoms with Gasteiger partial charge >= 0.3 is 5.97 Å². The van der Waals surface area contributed by atoms with E-state index in [4.69, 9.17) is 32.7 Å². The molecule has 0 saturated heterocycles. The molecule has 1 aliphatic heterocycles. The first-order valence-corrected chi connectivity index (χ1v) is 13.8. The van der Waals surface area contributed by atoms with Crippen LogP contribution in [0.2, 0.25) is 10.0 Å². The number of nitrogens with zero attached hydrogens (tertiary/aromatic N) is 3. The normalized spacial score (nSPS) is 14.1. The van der Waals surface area contributed by atoms with Crippen molar-refractivity contribution in [1.29, 1.82) is 0 Å². The van der Waals surface area contributed by atoms with E-state index in [1.165, 1.54) is 29.2 Å². The van der Waals surface area contributed by atoms with Gasteiger partial charge in [0.25, 0.3) is 21.8 Å². The van der Waals surface area contributed by atoms with Crippen LogP contribution in [0.15, 0.2) is 35.2 Å². The van der Waals surface area contributed by atoms with Gasteiger partial charge in [0.1, 0.15) is 10.6 Å². The third-order valence-electron chi connectivity index (χ3n) is 5.89. The van der Waals surface area contributed by atoms with E-state index in [0.29, 0.717) is 23.0 Å². The highest BCUT2D eigenvalue weighted by Gasteiger charge is 2.44. The van der Waals surface area contributed by atoms with Crippen molar-refractivity contribution in [3.63, 3.8) is 0 Å². The van der Waals surface area contributed by atoms with E-state index in [1.54, 1.807) is 27.0 Å². The number of carbonyl (C=O) groups is 3. The van der Waals surface area contributed by atoms with Crippen molar-refractivity contribution in [2.45, 2.75) is 24.7 Å². The smallest absolute Gasteiger partial charge is 0.342 e. The molecule has 0 saturated carbocycles. The van der Waals surface area contributed by atoms with Crippen LogP contribution in [-0.4, -0.2) is 87.9 Å². The predicted octanol–water partition coefficient (Wildman–Crippen LogP) is 3.47. The maximum Gasteiger partial charge on any atom is 0.342 e. The minimum atomic E-state index is -4.39. The highest BCUT2D eigenvalue weighted by Crippen LogP contribution is 2.39. The molecule has 0 spiro atoms. The Morgan fingerprint density at radius 3 is 2.26 bits per heavy atom. The van der Waals surface area contributed by atoms with Gasteiger partial charge in [-0.1, -0.05) is 43.1 Å². The van der Waals surface area contributed by atoms with E-state index in [9.17, 15) is 22.8 Å². The molecule has 10 nitrogen and oxygen atoms in total. The van der Waals surface area contributed by atoms with E-state index in [0.717, 1.165) is 0 Å². The van der Waals surface area contributed by atoms with E-state index in [-0.39, 0.29) is 50.2 Å². The topological polar surface area (TPSA) is 114 Å². The minimum Gasteiger partial charge on any atom is -0.484 e. The summed E-state index contributed by atoms with van der Waals surface area (Å²) in [5, 5.41) is 0.0411. The number of carbonyl (C=O) groups excluding carboxylic acids is 3. The number of rotatable bonds is 10. The van der Waals surface area contributed by atoms with Gasteiger partial charge in [-0.2, -0.15) is 4.31 Å². The van der Waals surface area contributed by atoms with Crippen LogP contribution in [0.4, 0.5) is 0 Å². The summed E-state index contributed by atoms with van der Waals surface area (Å²) in [6.45, 7) is 3.56. The van der Waals surface area contributed by atoms with Gasteiger partial charge < -0.3 is 19.3 Å². The molecule has 2 aromatic carbocycles. The van der Waals surface area contributed by atoms with Gasteiger partial charge in [-0.3, -0.25) is 9.59 Å². The zero-order valence-electron chi connectivity index (χ0n) is 21.7. The Hall–Kier alpha value is -2.86. The van der Waals surface area contributed by atoms with E-state index < -0.39 is 28.6 Å². The average Bonchev–Trinajstić information content (AvgIpc) is 3.03. The Morgan fingerprint density at radius 2 is 1.68 bits per heavy atom. The lowest BCUT2D eigenvalue weighted by Gasteiger charge is -2.20. The van der Waals surface area contributed by atoms with Crippen molar-refractivity contribution in [3.8, 4) is 5.75 Å². The van der Waals surface area contributed by atoms with E-state index >= 15 is 0 Å². The molecule has 0 N–H and O–H groups in total. The maximum atomic E-state index is 13.3. The molecule has 0 fully saturated rings. The Labute approximate surface area is 232 Å². The summed E-state index contributed by atoms with van der Waals surface area (Å²) in [6, 6.07) is 7.14. The molecule has 0 aromatic heterocycles. The summed E-state index contributed by atoms with van der Waals surface area (Å²) in [6.07, 6.45) is 0. The summed E-state index contributed by atoms with van der Waals surface area (Å²) < 4.78 is 37.9. The number of fused-ring (bicyclic) bond motifs is 1. The fourth-order valence-electron chi connectivity index (χ4n) is 3.67. The number of hydrogen-bond acceptors (Lipinski definition) is 8. The lowest BCUT2D eigenvalue weighted by atomic mass is 9.96. The number of esters is 1. The first-order valence-electron chi connectivity index (χ1n) is 11.6. The third-order valence-corrected chi connectivity index (χ3v) is 8.25. The molecular formula is C25H29Cl2N3O7S. The van der Waals surface area contributed by atoms with Gasteiger partial charge in [0, 0.05) is 26.2 Å². The first kappa shape index (κ1) is 29.7. The Bertz CT molecular complexity index is 1340. The molecule has 13 heteroatoms. The summed E-state index contributed by atoms with van der Waals surface area (Å²) >= 11 is 12.1. The van der Waals surface area contributed by atoms with Crippen LogP contribution in [0, 0.1) is 0 Å². The van der Waals surface area contributed by atoms with Crippen molar-refractivity contribution in [1.82, 2.24) is 14.1 Å². The fourth-order valence-corrected chi connectivity index (χ4v) is 5.69. The predicted molar refractivity (Wildman–Crippen MR) is 142 cm³/mol. The Balaban J connectivity index is 1.83. The molecular weight excluding hydrogens is 557 g/mol. The summed E-state index contributed by atoms with van der Waals surface area (Å²) in [7, 11) is 1.05. The second-order valence-corrected chi connectivity index (χ2v) is 11.9. The SMILES string of the molecule is CC(C)c1cc(OCC(=O)N(C)CCN(C)C)cc2c1C(=O)N(COC(=O)c1c(Cl)cccc1Cl)S2(=O)=O. The van der Waals surface area contributed by atoms with Crippen LogP contribution in [0.1, 0.15) is 46.0 Å². The number of hydrogen-bond donors (Lipinski definition) is 0. The summed E-state index contributed by atoms with van der Waals surface area (Å²) in [5.74, 6) is -2.24. The number of amides is 2. The fraction of sp³-hybridized carbons (Fsp3) is 0.400. The quantitative estimate of drug-likeness (QED) is 0.389. The van der Waals surface area contributed by atoms with E-state index in [2.05, 4.69) is 0 Å². The van der Waals surface area contributed by atoms with Gasteiger partial charge in [-0.15, -0.1) is 0 Å². The molecule has 1 heterocycles. The number of benzene rings is 2. The van der Waals surface area contributed by atoms with Gasteiger partial charge in [-0.05, 0) is 43.8 Å². The van der Waals surface area contributed by atoms with Gasteiger partial charge in [-0.25, -0.2) is 13.2 Å². The molecule has 2 aromatic rings. The van der Waals surface area contributed by atoms with Crippen LogP contribution >= 0.6 is 23.2 Å². The summed E-state index contributed by atoms with van der Waals surface area (Å²) in [4.78, 5) is 41.4. The molecule has 2 amide bonds. The van der Waals surface area contributed by atoms with E-state index in [1.807, 2.05) is 19.0 Å². The van der Waals surface area contributed by atoms with Crippen molar-refractivity contribution >= 4 is 51.0 Å². The minimum absolute atomic E-state index is 0.0205. The number of likely N-dealkylation sites (N-methyl/N-ethyl adjacent to an activating group) is 2. The molecule has 38 heavy (non-hydrogen) atoms. The summed E-state index contributed by atoms with van der Waals surface area (Å²) in [5.41, 5.74) is 0.243. The second-order valence-electron chi connectivity index (χ2n) is 9.26. The molecule has 0 radical (unpaired) electrons. The Morgan fingerprint density at radius 1 is 1.05 bits per heavy atom. The third kappa shape index (κ3) is 6.23. The molecule has 3 rings (SSSR count). The number of sulfonamides is 1. The lowest BCUT2D eigenvalue weighted by molar-refractivity contribution is -0.132. The van der Waals surface area contributed by atoms with Gasteiger partial charge in [0.15, 0.2) is 13.3 Å². The van der Waals surface area contributed by atoms with Crippen molar-refractivity contribution < 1.29 is 32.3 Å². The zero-order valence-corrected chi connectivity index (χ0v) is 24.0. The van der Waals surface area contributed by atoms with Crippen molar-refractivity contribution in [2.24, 2.45) is 0 Å². The van der Waals surface area contributed by atoms with Crippen LogP contribution < -0.4 is 4.74 Å². The lowest BCUT2D eigenvalue weighted by Crippen LogP contribution is -2.36. The molecule has 1 aliphatic rings. The number of ether oxygens (including phenoxy) is 2. The first-order chi connectivity index (χ1) is 17.7. The van der Waals surface area contributed by atoms with Crippen LogP contribution in [0.25, 0.3) is 0 Å². The van der Waals surface area contributed by atoms with Crippen LogP contribution in [0.5, 0.6) is 5.75 Å². The highest BCUT2D eigenvalue weighted by molar-refractivity contribution is 7.90.